The van der Waals surface area contributed by atoms with Gasteiger partial charge in [-0.05, 0) is 20.8 Å². The summed E-state index contributed by atoms with van der Waals surface area (Å²) in [6.07, 6.45) is -1.17. The van der Waals surface area contributed by atoms with Crippen molar-refractivity contribution >= 4 is 17.3 Å². The number of aryl methyl sites for hydroxylation is 2. The molecule has 2 rings (SSSR count). The number of amides is 1. The summed E-state index contributed by atoms with van der Waals surface area (Å²) >= 11 is 0. The topological polar surface area (TPSA) is 84.4 Å². The molecular formula is C14H18F2N4O3. The maximum absolute atomic E-state index is 12.2. The van der Waals surface area contributed by atoms with Crippen LogP contribution in [0.15, 0.2) is 15.2 Å². The second-order valence-corrected chi connectivity index (χ2v) is 4.89. The van der Waals surface area contributed by atoms with Gasteiger partial charge in [-0.1, -0.05) is 10.3 Å². The molecule has 126 valence electrons. The Morgan fingerprint density at radius 2 is 2.09 bits per heavy atom. The minimum Gasteiger partial charge on any atom is -0.359 e. The zero-order valence-corrected chi connectivity index (χ0v) is 13.1. The van der Waals surface area contributed by atoms with E-state index in [0.717, 1.165) is 11.4 Å². The third-order valence-electron chi connectivity index (χ3n) is 3.36. The highest BCUT2D eigenvalue weighted by molar-refractivity contribution is 5.79. The van der Waals surface area contributed by atoms with Crippen molar-refractivity contribution in [3.05, 3.63) is 23.4 Å². The van der Waals surface area contributed by atoms with Crippen LogP contribution in [0.2, 0.25) is 0 Å². The molecule has 1 N–H and O–H groups in total. The van der Waals surface area contributed by atoms with Crippen LogP contribution >= 0.6 is 0 Å². The molecule has 0 saturated heterocycles. The molecule has 2 aromatic heterocycles. The molecule has 0 bridgehead atoms. The number of rotatable bonds is 7. The lowest BCUT2D eigenvalue weighted by atomic mass is 10.2. The number of nitrogens with zero attached hydrogens (tertiary/aromatic N) is 3. The normalized spacial score (nSPS) is 11.0. The van der Waals surface area contributed by atoms with E-state index in [2.05, 4.69) is 15.6 Å². The van der Waals surface area contributed by atoms with Crippen LogP contribution in [0, 0.1) is 13.8 Å². The van der Waals surface area contributed by atoms with Crippen LogP contribution in [-0.2, 0) is 11.2 Å². The van der Waals surface area contributed by atoms with Crippen LogP contribution in [0.25, 0.3) is 0 Å². The molecule has 9 heteroatoms. The SMILES string of the molecule is CCN(c1cnoc1C)c1c(CCNC(=O)C(F)F)noc1C. The van der Waals surface area contributed by atoms with E-state index in [4.69, 9.17) is 9.05 Å². The number of nitrogens with one attached hydrogen (secondary N) is 1. The summed E-state index contributed by atoms with van der Waals surface area (Å²) in [7, 11) is 0. The molecule has 2 heterocycles. The maximum Gasteiger partial charge on any atom is 0.315 e. The number of carbonyl (C=O) groups excluding carboxylic acids is 1. The van der Waals surface area contributed by atoms with Gasteiger partial charge in [0.25, 0.3) is 5.91 Å². The molecular weight excluding hydrogens is 310 g/mol. The molecule has 0 atom stereocenters. The summed E-state index contributed by atoms with van der Waals surface area (Å²) in [5, 5.41) is 9.87. The number of halogens is 2. The first-order chi connectivity index (χ1) is 11.0. The fourth-order valence-corrected chi connectivity index (χ4v) is 2.31. The van der Waals surface area contributed by atoms with Gasteiger partial charge < -0.3 is 19.3 Å². The summed E-state index contributed by atoms with van der Waals surface area (Å²) in [6.45, 7) is 6.15. The summed E-state index contributed by atoms with van der Waals surface area (Å²) in [4.78, 5) is 12.8. The molecule has 0 fully saturated rings. The zero-order valence-electron chi connectivity index (χ0n) is 13.1. The molecule has 0 aliphatic heterocycles. The standard InChI is InChI=1S/C14H18F2N4O3/c1-4-20(11-7-18-22-8(11)2)12-9(3)23-19-10(12)5-6-17-14(21)13(15)16/h7,13H,4-6H2,1-3H3,(H,17,21). The van der Waals surface area contributed by atoms with E-state index < -0.39 is 12.3 Å². The van der Waals surface area contributed by atoms with E-state index in [1.807, 2.05) is 11.8 Å². The van der Waals surface area contributed by atoms with Gasteiger partial charge in [-0.3, -0.25) is 4.79 Å². The summed E-state index contributed by atoms with van der Waals surface area (Å²) in [5.74, 6) is -0.0685. The summed E-state index contributed by atoms with van der Waals surface area (Å²) < 4.78 is 34.7. The fraction of sp³-hybridized carbons (Fsp3) is 0.500. The molecule has 2 aromatic rings. The van der Waals surface area contributed by atoms with Gasteiger partial charge in [0.05, 0.1) is 6.20 Å². The number of anilines is 2. The highest BCUT2D eigenvalue weighted by Gasteiger charge is 2.23. The molecule has 0 aliphatic rings. The maximum atomic E-state index is 12.2. The fourth-order valence-electron chi connectivity index (χ4n) is 2.31. The van der Waals surface area contributed by atoms with Gasteiger partial charge in [0.1, 0.15) is 17.1 Å². The van der Waals surface area contributed by atoms with E-state index in [0.29, 0.717) is 23.8 Å². The molecule has 7 nitrogen and oxygen atoms in total. The van der Waals surface area contributed by atoms with Gasteiger partial charge in [0.2, 0.25) is 0 Å². The van der Waals surface area contributed by atoms with Gasteiger partial charge in [-0.25, -0.2) is 0 Å². The molecule has 0 unspecified atom stereocenters. The molecule has 0 aromatic carbocycles. The highest BCUT2D eigenvalue weighted by Crippen LogP contribution is 2.33. The quantitative estimate of drug-likeness (QED) is 0.840. The highest BCUT2D eigenvalue weighted by atomic mass is 19.3. The molecule has 1 amide bonds. The second kappa shape index (κ2) is 7.21. The number of carbonyl (C=O) groups is 1. The largest absolute Gasteiger partial charge is 0.359 e. The molecule has 0 saturated carbocycles. The van der Waals surface area contributed by atoms with E-state index >= 15 is 0 Å². The van der Waals surface area contributed by atoms with Gasteiger partial charge in [0.15, 0.2) is 11.5 Å². The summed E-state index contributed by atoms with van der Waals surface area (Å²) in [5.41, 5.74) is 2.07. The molecule has 0 spiro atoms. The smallest absolute Gasteiger partial charge is 0.315 e. The van der Waals surface area contributed by atoms with E-state index in [9.17, 15) is 13.6 Å². The van der Waals surface area contributed by atoms with Gasteiger partial charge in [0, 0.05) is 19.5 Å². The van der Waals surface area contributed by atoms with Crippen LogP contribution in [0.3, 0.4) is 0 Å². The van der Waals surface area contributed by atoms with Gasteiger partial charge in [-0.15, -0.1) is 0 Å². The first-order valence-electron chi connectivity index (χ1n) is 7.15. The van der Waals surface area contributed by atoms with Gasteiger partial charge in [-0.2, -0.15) is 8.78 Å². The first-order valence-corrected chi connectivity index (χ1v) is 7.15. The van der Waals surface area contributed by atoms with Crippen molar-refractivity contribution < 1.29 is 22.6 Å². The first kappa shape index (κ1) is 16.9. The summed E-state index contributed by atoms with van der Waals surface area (Å²) in [6, 6.07) is 0. The Kier molecular flexibility index (Phi) is 5.30. The van der Waals surface area contributed by atoms with Crippen molar-refractivity contribution in [2.75, 3.05) is 18.0 Å². The number of aromatic nitrogens is 2. The number of hydrogen-bond acceptors (Lipinski definition) is 6. The van der Waals surface area contributed by atoms with Crippen molar-refractivity contribution in [2.24, 2.45) is 0 Å². The van der Waals surface area contributed by atoms with Crippen LogP contribution in [-0.4, -0.2) is 35.7 Å². The Morgan fingerprint density at radius 1 is 1.35 bits per heavy atom. The van der Waals surface area contributed by atoms with E-state index in [-0.39, 0.29) is 13.0 Å². The Hall–Kier alpha value is -2.45. The predicted molar refractivity (Wildman–Crippen MR) is 77.9 cm³/mol. The minimum atomic E-state index is -3.03. The van der Waals surface area contributed by atoms with Crippen LogP contribution in [0.4, 0.5) is 20.2 Å². The van der Waals surface area contributed by atoms with Crippen molar-refractivity contribution in [3.8, 4) is 0 Å². The van der Waals surface area contributed by atoms with Gasteiger partial charge >= 0.3 is 6.43 Å². The zero-order chi connectivity index (χ0) is 17.0. The van der Waals surface area contributed by atoms with E-state index in [1.165, 1.54) is 0 Å². The van der Waals surface area contributed by atoms with Crippen LogP contribution < -0.4 is 10.2 Å². The minimum absolute atomic E-state index is 0.0440. The second-order valence-electron chi connectivity index (χ2n) is 4.89. The molecule has 23 heavy (non-hydrogen) atoms. The van der Waals surface area contributed by atoms with Crippen molar-refractivity contribution in [1.29, 1.82) is 0 Å². The lowest BCUT2D eigenvalue weighted by Gasteiger charge is -2.21. The monoisotopic (exact) mass is 328 g/mol. The van der Waals surface area contributed by atoms with Crippen LogP contribution in [0.1, 0.15) is 24.1 Å². The predicted octanol–water partition coefficient (Wildman–Crippen LogP) is 2.36. The third-order valence-corrected chi connectivity index (χ3v) is 3.36. The van der Waals surface area contributed by atoms with Crippen molar-refractivity contribution in [1.82, 2.24) is 15.6 Å². The molecule has 0 radical (unpaired) electrons. The number of hydrogen-bond donors (Lipinski definition) is 1. The average Bonchev–Trinajstić information content (AvgIpc) is 3.08. The van der Waals surface area contributed by atoms with Crippen molar-refractivity contribution in [2.45, 2.75) is 33.6 Å². The lowest BCUT2D eigenvalue weighted by Crippen LogP contribution is -2.31. The van der Waals surface area contributed by atoms with Crippen molar-refractivity contribution in [3.63, 3.8) is 0 Å². The van der Waals surface area contributed by atoms with E-state index in [1.54, 1.807) is 20.0 Å². The molecule has 0 aliphatic carbocycles. The van der Waals surface area contributed by atoms with Crippen LogP contribution in [0.5, 0.6) is 0 Å². The Labute approximate surface area is 131 Å². The Bertz CT molecular complexity index is 669. The number of alkyl halides is 2. The third kappa shape index (κ3) is 3.66. The Balaban J connectivity index is 2.17. The Morgan fingerprint density at radius 3 is 2.65 bits per heavy atom. The average molecular weight is 328 g/mol. The lowest BCUT2D eigenvalue weighted by molar-refractivity contribution is -0.131.